The Morgan fingerprint density at radius 1 is 1.50 bits per heavy atom. The van der Waals surface area contributed by atoms with E-state index in [1.165, 1.54) is 6.07 Å². The number of carbonyl (C=O) groups excluding carboxylic acids is 1. The molecule has 0 N–H and O–H groups in total. The number of fused-ring (bicyclic) bond motifs is 4. The molecule has 4 nitrogen and oxygen atoms in total. The van der Waals surface area contributed by atoms with E-state index in [0.29, 0.717) is 18.7 Å². The van der Waals surface area contributed by atoms with E-state index in [0.717, 1.165) is 24.8 Å². The summed E-state index contributed by atoms with van der Waals surface area (Å²) in [5.74, 6) is -0.0209. The van der Waals surface area contributed by atoms with Gasteiger partial charge in [-0.25, -0.2) is 4.39 Å². The van der Waals surface area contributed by atoms with E-state index in [-0.39, 0.29) is 30.3 Å². The van der Waals surface area contributed by atoms with E-state index in [4.69, 9.17) is 10.00 Å². The van der Waals surface area contributed by atoms with Crippen LogP contribution in [0.1, 0.15) is 43.7 Å². The average molecular weight is 300 g/mol. The smallest absolute Gasteiger partial charge is 0.230 e. The third-order valence-corrected chi connectivity index (χ3v) is 5.35. The first kappa shape index (κ1) is 13.6. The van der Waals surface area contributed by atoms with Gasteiger partial charge in [0.05, 0.1) is 24.1 Å². The zero-order valence-corrected chi connectivity index (χ0v) is 12.2. The van der Waals surface area contributed by atoms with E-state index < -0.39 is 5.41 Å². The van der Waals surface area contributed by atoms with Crippen LogP contribution in [-0.4, -0.2) is 23.5 Å². The molecule has 3 aliphatic rings. The number of hydrogen-bond acceptors (Lipinski definition) is 3. The second-order valence-corrected chi connectivity index (χ2v) is 6.58. The predicted octanol–water partition coefficient (Wildman–Crippen LogP) is 2.94. The van der Waals surface area contributed by atoms with Gasteiger partial charge in [0.1, 0.15) is 6.10 Å². The highest BCUT2D eigenvalue weighted by atomic mass is 19.1. The molecule has 5 heteroatoms. The van der Waals surface area contributed by atoms with Crippen molar-refractivity contribution in [2.24, 2.45) is 5.41 Å². The Morgan fingerprint density at radius 2 is 2.32 bits per heavy atom. The number of likely N-dealkylation sites (tertiary alicyclic amines) is 1. The lowest BCUT2D eigenvalue weighted by molar-refractivity contribution is -0.148. The van der Waals surface area contributed by atoms with E-state index >= 15 is 0 Å². The van der Waals surface area contributed by atoms with Crippen LogP contribution in [0.2, 0.25) is 0 Å². The van der Waals surface area contributed by atoms with Crippen molar-refractivity contribution in [3.8, 4) is 11.8 Å². The Kier molecular flexibility index (Phi) is 2.90. The normalized spacial score (nSPS) is 27.4. The standard InChI is InChI=1S/C17H17FN2O2/c18-13-4-1-3-12-14-9-11(22-15(12)13)10-20(14)16(21)17(7-8-19)5-2-6-17/h1,3-4,11,14H,2,5-7,9-10H2/t11-,14-/m0/s1. The van der Waals surface area contributed by atoms with Gasteiger partial charge in [0, 0.05) is 18.4 Å². The molecule has 2 bridgehead atoms. The van der Waals surface area contributed by atoms with E-state index in [1.54, 1.807) is 6.07 Å². The molecule has 2 aliphatic heterocycles. The molecule has 0 unspecified atom stereocenters. The first-order chi connectivity index (χ1) is 10.6. The highest BCUT2D eigenvalue weighted by molar-refractivity contribution is 5.85. The maximum atomic E-state index is 13.9. The molecule has 1 amide bonds. The molecule has 0 aromatic heterocycles. The molecule has 22 heavy (non-hydrogen) atoms. The van der Waals surface area contributed by atoms with Crippen LogP contribution < -0.4 is 4.74 Å². The van der Waals surface area contributed by atoms with Crippen LogP contribution in [0, 0.1) is 22.6 Å². The lowest BCUT2D eigenvalue weighted by Gasteiger charge is -2.42. The summed E-state index contributed by atoms with van der Waals surface area (Å²) in [6, 6.07) is 6.93. The highest BCUT2D eigenvalue weighted by Gasteiger charge is 2.51. The fraction of sp³-hybridized carbons (Fsp3) is 0.529. The van der Waals surface area contributed by atoms with Crippen molar-refractivity contribution in [1.29, 1.82) is 5.26 Å². The van der Waals surface area contributed by atoms with Crippen LogP contribution in [0.15, 0.2) is 18.2 Å². The van der Waals surface area contributed by atoms with Crippen molar-refractivity contribution in [2.75, 3.05) is 6.54 Å². The topological polar surface area (TPSA) is 53.3 Å². The van der Waals surface area contributed by atoms with Crippen molar-refractivity contribution >= 4 is 5.91 Å². The molecule has 1 aromatic carbocycles. The Balaban J connectivity index is 1.68. The van der Waals surface area contributed by atoms with Crippen LogP contribution in [0.5, 0.6) is 5.75 Å². The minimum absolute atomic E-state index is 0.0495. The SMILES string of the molecule is N#CCC1(C(=O)N2C[C@@H]3C[C@H]2c2cccc(F)c2O3)CCC1. The summed E-state index contributed by atoms with van der Waals surface area (Å²) < 4.78 is 19.7. The van der Waals surface area contributed by atoms with Crippen LogP contribution >= 0.6 is 0 Å². The third-order valence-electron chi connectivity index (χ3n) is 5.35. The van der Waals surface area contributed by atoms with Crippen LogP contribution in [0.25, 0.3) is 0 Å². The van der Waals surface area contributed by atoms with Crippen molar-refractivity contribution in [1.82, 2.24) is 4.90 Å². The Morgan fingerprint density at radius 3 is 3.00 bits per heavy atom. The summed E-state index contributed by atoms with van der Waals surface area (Å²) in [7, 11) is 0. The number of ether oxygens (including phenoxy) is 1. The molecule has 114 valence electrons. The molecular weight excluding hydrogens is 283 g/mol. The lowest BCUT2D eigenvalue weighted by Crippen LogP contribution is -2.47. The molecule has 4 rings (SSSR count). The summed E-state index contributed by atoms with van der Waals surface area (Å²) in [5.41, 5.74) is 0.244. The van der Waals surface area contributed by atoms with Gasteiger partial charge in [-0.05, 0) is 18.9 Å². The fourth-order valence-corrected chi connectivity index (χ4v) is 4.01. The quantitative estimate of drug-likeness (QED) is 0.844. The van der Waals surface area contributed by atoms with Gasteiger partial charge in [0.2, 0.25) is 5.91 Å². The minimum Gasteiger partial charge on any atom is -0.485 e. The maximum absolute atomic E-state index is 13.9. The Bertz CT molecular complexity index is 678. The molecule has 1 saturated carbocycles. The number of halogens is 1. The molecule has 1 aliphatic carbocycles. The second-order valence-electron chi connectivity index (χ2n) is 6.58. The van der Waals surface area contributed by atoms with E-state index in [2.05, 4.69) is 6.07 Å². The average Bonchev–Trinajstić information content (AvgIpc) is 2.82. The van der Waals surface area contributed by atoms with Crippen molar-refractivity contribution in [3.63, 3.8) is 0 Å². The van der Waals surface area contributed by atoms with Gasteiger partial charge < -0.3 is 9.64 Å². The van der Waals surface area contributed by atoms with Gasteiger partial charge >= 0.3 is 0 Å². The summed E-state index contributed by atoms with van der Waals surface area (Å²) in [5, 5.41) is 9.05. The summed E-state index contributed by atoms with van der Waals surface area (Å²) >= 11 is 0. The summed E-state index contributed by atoms with van der Waals surface area (Å²) in [4.78, 5) is 14.8. The predicted molar refractivity (Wildman–Crippen MR) is 76.4 cm³/mol. The van der Waals surface area contributed by atoms with Gasteiger partial charge in [-0.2, -0.15) is 5.26 Å². The summed E-state index contributed by atoms with van der Waals surface area (Å²) in [6.45, 7) is 0.491. The van der Waals surface area contributed by atoms with Gasteiger partial charge in [-0.3, -0.25) is 4.79 Å². The molecule has 2 fully saturated rings. The number of para-hydroxylation sites is 1. The maximum Gasteiger partial charge on any atom is 0.230 e. The number of amides is 1. The molecule has 0 spiro atoms. The molecule has 2 atom stereocenters. The van der Waals surface area contributed by atoms with Gasteiger partial charge in [0.15, 0.2) is 11.6 Å². The molecule has 2 heterocycles. The fourth-order valence-electron chi connectivity index (χ4n) is 4.01. The Hall–Kier alpha value is -2.09. The first-order valence-electron chi connectivity index (χ1n) is 7.78. The third kappa shape index (κ3) is 1.76. The number of rotatable bonds is 2. The highest BCUT2D eigenvalue weighted by Crippen LogP contribution is 2.50. The molecule has 0 radical (unpaired) electrons. The number of hydrogen-bond donors (Lipinski definition) is 0. The zero-order valence-electron chi connectivity index (χ0n) is 12.2. The summed E-state index contributed by atoms with van der Waals surface area (Å²) in [6.07, 6.45) is 3.41. The lowest BCUT2D eigenvalue weighted by atomic mass is 9.66. The Labute approximate surface area is 128 Å². The number of nitriles is 1. The van der Waals surface area contributed by atoms with Crippen molar-refractivity contribution in [2.45, 2.75) is 44.2 Å². The van der Waals surface area contributed by atoms with E-state index in [9.17, 15) is 9.18 Å². The van der Waals surface area contributed by atoms with Crippen LogP contribution in [-0.2, 0) is 4.79 Å². The van der Waals surface area contributed by atoms with Crippen molar-refractivity contribution in [3.05, 3.63) is 29.6 Å². The van der Waals surface area contributed by atoms with Crippen LogP contribution in [0.4, 0.5) is 4.39 Å². The minimum atomic E-state index is -0.514. The molecule has 1 saturated heterocycles. The number of carbonyl (C=O) groups is 1. The first-order valence-corrected chi connectivity index (χ1v) is 7.78. The zero-order chi connectivity index (χ0) is 15.3. The number of benzene rings is 1. The van der Waals surface area contributed by atoms with Gasteiger partial charge in [-0.1, -0.05) is 18.6 Å². The van der Waals surface area contributed by atoms with E-state index in [1.807, 2.05) is 11.0 Å². The second kappa shape index (κ2) is 4.70. The monoisotopic (exact) mass is 300 g/mol. The molecular formula is C17H17FN2O2. The number of nitrogens with zero attached hydrogens (tertiary/aromatic N) is 2. The molecule has 1 aromatic rings. The van der Waals surface area contributed by atoms with Crippen LogP contribution in [0.3, 0.4) is 0 Å². The van der Waals surface area contributed by atoms with Gasteiger partial charge in [-0.15, -0.1) is 0 Å². The largest absolute Gasteiger partial charge is 0.485 e. The van der Waals surface area contributed by atoms with Gasteiger partial charge in [0.25, 0.3) is 0 Å². The van der Waals surface area contributed by atoms with Crippen molar-refractivity contribution < 1.29 is 13.9 Å².